The van der Waals surface area contributed by atoms with E-state index in [0.717, 1.165) is 11.1 Å². The van der Waals surface area contributed by atoms with Crippen LogP contribution in [0.3, 0.4) is 0 Å². The molecule has 0 saturated heterocycles. The number of aliphatic imine (C=N–C) groups is 1. The summed E-state index contributed by atoms with van der Waals surface area (Å²) < 4.78 is 1.63. The van der Waals surface area contributed by atoms with E-state index in [1.54, 1.807) is 24.6 Å². The molecular formula is C22H25ClN4O. The Bertz CT molecular complexity index is 1060. The number of halogens is 1. The van der Waals surface area contributed by atoms with E-state index in [1.165, 1.54) is 0 Å². The van der Waals surface area contributed by atoms with Crippen LogP contribution in [0.15, 0.2) is 52.3 Å². The number of hydrogen-bond donors (Lipinski definition) is 1. The molecule has 0 spiro atoms. The number of allylic oxidation sites excluding steroid dienone is 4. The maximum atomic E-state index is 13.4. The van der Waals surface area contributed by atoms with Crippen LogP contribution >= 0.6 is 11.6 Å². The van der Waals surface area contributed by atoms with Crippen molar-refractivity contribution in [3.63, 3.8) is 0 Å². The molecule has 0 amide bonds. The molecule has 146 valence electrons. The summed E-state index contributed by atoms with van der Waals surface area (Å²) in [6.07, 6.45) is 5.12. The van der Waals surface area contributed by atoms with Gasteiger partial charge < -0.3 is 0 Å². The van der Waals surface area contributed by atoms with Crippen molar-refractivity contribution in [1.29, 1.82) is 5.26 Å². The van der Waals surface area contributed by atoms with Crippen LogP contribution in [0.1, 0.15) is 39.6 Å². The van der Waals surface area contributed by atoms with Gasteiger partial charge in [0.2, 0.25) is 0 Å². The Morgan fingerprint density at radius 3 is 2.68 bits per heavy atom. The minimum absolute atomic E-state index is 0.203. The Balaban J connectivity index is 2.90. The molecule has 28 heavy (non-hydrogen) atoms. The fourth-order valence-corrected chi connectivity index (χ4v) is 3.23. The van der Waals surface area contributed by atoms with Crippen LogP contribution < -0.4 is 10.9 Å². The van der Waals surface area contributed by atoms with Crippen LogP contribution in [0.5, 0.6) is 0 Å². The summed E-state index contributed by atoms with van der Waals surface area (Å²) in [7, 11) is 1.78. The third kappa shape index (κ3) is 4.24. The fraction of sp³-hybridized carbons (Fsp3) is 0.318. The Kier molecular flexibility index (Phi) is 7.33. The summed E-state index contributed by atoms with van der Waals surface area (Å²) in [4.78, 5) is 18.1. The first-order valence-electron chi connectivity index (χ1n) is 9.14. The molecule has 0 aliphatic heterocycles. The average molecular weight is 397 g/mol. The first-order valence-corrected chi connectivity index (χ1v) is 9.52. The number of pyridine rings is 1. The van der Waals surface area contributed by atoms with Crippen LogP contribution in [-0.4, -0.2) is 17.3 Å². The Morgan fingerprint density at radius 2 is 2.11 bits per heavy atom. The van der Waals surface area contributed by atoms with E-state index in [0.29, 0.717) is 21.8 Å². The van der Waals surface area contributed by atoms with E-state index in [4.69, 9.17) is 11.6 Å². The molecule has 2 atom stereocenters. The first-order chi connectivity index (χ1) is 13.4. The van der Waals surface area contributed by atoms with Crippen molar-refractivity contribution in [3.05, 3.63) is 63.6 Å². The second kappa shape index (κ2) is 9.50. The Labute approximate surface area is 170 Å². The van der Waals surface area contributed by atoms with Crippen LogP contribution in [-0.2, 0) is 0 Å². The van der Waals surface area contributed by atoms with Crippen LogP contribution in [0.2, 0.25) is 5.02 Å². The van der Waals surface area contributed by atoms with Gasteiger partial charge >= 0.3 is 0 Å². The minimum atomic E-state index is -0.493. The molecule has 1 aromatic carbocycles. The lowest BCUT2D eigenvalue weighted by molar-refractivity contribution is 0.588. The number of aromatic nitrogens is 1. The van der Waals surface area contributed by atoms with Crippen molar-refractivity contribution in [3.8, 4) is 6.07 Å². The van der Waals surface area contributed by atoms with Crippen molar-refractivity contribution in [2.45, 2.75) is 33.9 Å². The highest BCUT2D eigenvalue weighted by molar-refractivity contribution is 6.35. The second-order valence-corrected chi connectivity index (χ2v) is 6.85. The maximum Gasteiger partial charge on any atom is 0.264 e. The van der Waals surface area contributed by atoms with E-state index in [1.807, 2.05) is 57.2 Å². The zero-order valence-electron chi connectivity index (χ0n) is 16.8. The summed E-state index contributed by atoms with van der Waals surface area (Å²) in [6.45, 7) is 7.40. The molecule has 2 rings (SSSR count). The number of hydrogen-bond acceptors (Lipinski definition) is 4. The largest absolute Gasteiger partial charge is 0.294 e. The smallest absolute Gasteiger partial charge is 0.264 e. The molecule has 1 N–H and O–H groups in total. The molecule has 2 aromatic rings. The lowest BCUT2D eigenvalue weighted by Gasteiger charge is -2.21. The van der Waals surface area contributed by atoms with Gasteiger partial charge in [0, 0.05) is 11.4 Å². The Morgan fingerprint density at radius 1 is 1.39 bits per heavy atom. The molecule has 0 fully saturated rings. The predicted molar refractivity (Wildman–Crippen MR) is 118 cm³/mol. The van der Waals surface area contributed by atoms with Crippen molar-refractivity contribution in [2.24, 2.45) is 10.9 Å². The molecule has 0 aliphatic rings. The van der Waals surface area contributed by atoms with Gasteiger partial charge in [0.25, 0.3) is 5.56 Å². The van der Waals surface area contributed by atoms with E-state index in [-0.39, 0.29) is 11.5 Å². The topological polar surface area (TPSA) is 70.2 Å². The van der Waals surface area contributed by atoms with Gasteiger partial charge in [0.15, 0.2) is 0 Å². The molecule has 0 saturated carbocycles. The molecule has 2 unspecified atom stereocenters. The fourth-order valence-electron chi connectivity index (χ4n) is 2.97. The summed E-state index contributed by atoms with van der Waals surface area (Å²) >= 11 is 6.34. The standard InChI is InChI=1S/C22H25ClN4O/c1-6-9-17(7-2)27-19(21(25-5)26-15(4)14(3)13-24)12-16-10-8-11-18(23)20(16)22(27)28/h6-12,14,21,25H,1-5H3. The maximum absolute atomic E-state index is 13.4. The minimum Gasteiger partial charge on any atom is -0.294 e. The van der Waals surface area contributed by atoms with Crippen LogP contribution in [0.25, 0.3) is 16.5 Å². The summed E-state index contributed by atoms with van der Waals surface area (Å²) in [5, 5.41) is 14.0. The quantitative estimate of drug-likeness (QED) is 0.555. The highest BCUT2D eigenvalue weighted by atomic mass is 35.5. The third-order valence-corrected chi connectivity index (χ3v) is 4.94. The third-order valence-electron chi connectivity index (χ3n) is 4.62. The van der Waals surface area contributed by atoms with Gasteiger partial charge in [0.1, 0.15) is 6.17 Å². The lowest BCUT2D eigenvalue weighted by atomic mass is 10.1. The van der Waals surface area contributed by atoms with Gasteiger partial charge in [-0.1, -0.05) is 35.9 Å². The highest BCUT2D eigenvalue weighted by Crippen LogP contribution is 2.26. The monoisotopic (exact) mass is 396 g/mol. The second-order valence-electron chi connectivity index (χ2n) is 6.44. The molecule has 1 heterocycles. The Hall–Kier alpha value is -2.68. The van der Waals surface area contributed by atoms with Crippen molar-refractivity contribution < 1.29 is 0 Å². The van der Waals surface area contributed by atoms with E-state index < -0.39 is 6.17 Å². The number of nitrogens with zero attached hydrogens (tertiary/aromatic N) is 3. The summed E-state index contributed by atoms with van der Waals surface area (Å²) in [5.41, 5.74) is 1.90. The normalized spacial score (nSPS) is 15.0. The zero-order valence-corrected chi connectivity index (χ0v) is 17.6. The van der Waals surface area contributed by atoms with Gasteiger partial charge in [-0.25, -0.2) is 0 Å². The summed E-state index contributed by atoms with van der Waals surface area (Å²) in [6, 6.07) is 9.52. The number of fused-ring (bicyclic) bond motifs is 1. The van der Waals surface area contributed by atoms with Gasteiger partial charge in [-0.05, 0) is 58.3 Å². The SMILES string of the molecule is CC=CC(=CC)n1c(C(N=C(C)C(C)C#N)NC)cc2cccc(Cl)c2c1=O. The average Bonchev–Trinajstić information content (AvgIpc) is 2.69. The van der Waals surface area contributed by atoms with Gasteiger partial charge in [-0.15, -0.1) is 0 Å². The molecule has 5 nitrogen and oxygen atoms in total. The number of nitriles is 1. The first kappa shape index (κ1) is 21.6. The predicted octanol–water partition coefficient (Wildman–Crippen LogP) is 4.93. The molecular weight excluding hydrogens is 372 g/mol. The van der Waals surface area contributed by atoms with E-state index >= 15 is 0 Å². The van der Waals surface area contributed by atoms with Crippen LogP contribution in [0.4, 0.5) is 0 Å². The number of rotatable bonds is 6. The highest BCUT2D eigenvalue weighted by Gasteiger charge is 2.20. The number of benzene rings is 1. The molecule has 0 aliphatic carbocycles. The molecule has 1 aromatic heterocycles. The zero-order chi connectivity index (χ0) is 20.8. The molecule has 0 bridgehead atoms. The number of nitrogens with one attached hydrogen (secondary N) is 1. The lowest BCUT2D eigenvalue weighted by Crippen LogP contribution is -2.29. The summed E-state index contributed by atoms with van der Waals surface area (Å²) in [5.74, 6) is -0.317. The van der Waals surface area contributed by atoms with Crippen LogP contribution in [0, 0.1) is 17.2 Å². The van der Waals surface area contributed by atoms with Gasteiger partial charge in [-0.2, -0.15) is 5.26 Å². The molecule has 6 heteroatoms. The van der Waals surface area contributed by atoms with Crippen molar-refractivity contribution in [1.82, 2.24) is 9.88 Å². The van der Waals surface area contributed by atoms with Gasteiger partial charge in [-0.3, -0.25) is 19.7 Å². The van der Waals surface area contributed by atoms with Crippen molar-refractivity contribution >= 4 is 33.8 Å². The van der Waals surface area contributed by atoms with Crippen molar-refractivity contribution in [2.75, 3.05) is 7.05 Å². The molecule has 0 radical (unpaired) electrons. The van der Waals surface area contributed by atoms with Gasteiger partial charge in [0.05, 0.1) is 28.1 Å². The van der Waals surface area contributed by atoms with E-state index in [9.17, 15) is 10.1 Å². The van der Waals surface area contributed by atoms with E-state index in [2.05, 4.69) is 16.4 Å².